The molecule has 4 rings (SSSR count). The highest BCUT2D eigenvalue weighted by Crippen LogP contribution is 2.20. The lowest BCUT2D eigenvalue weighted by molar-refractivity contribution is 0.0917. The summed E-state index contributed by atoms with van der Waals surface area (Å²) in [7, 11) is 0. The fourth-order valence-electron chi connectivity index (χ4n) is 3.20. The zero-order chi connectivity index (χ0) is 21.1. The molecule has 1 atom stereocenters. The van der Waals surface area contributed by atoms with Crippen LogP contribution in [0.3, 0.4) is 0 Å². The summed E-state index contributed by atoms with van der Waals surface area (Å²) >= 11 is 3.37. The molecule has 1 unspecified atom stereocenters. The number of hydrogen-bond donors (Lipinski definition) is 1. The number of pyridine rings is 1. The van der Waals surface area contributed by atoms with Gasteiger partial charge in [0.1, 0.15) is 16.6 Å². The largest absolute Gasteiger partial charge is 0.332 e. The highest BCUT2D eigenvalue weighted by Gasteiger charge is 2.28. The molecule has 1 N–H and O–H groups in total. The lowest BCUT2D eigenvalue weighted by atomic mass is 10.0. The first-order valence-electron chi connectivity index (χ1n) is 9.34. The summed E-state index contributed by atoms with van der Waals surface area (Å²) in [6.45, 7) is 1.88. The van der Waals surface area contributed by atoms with Crippen molar-refractivity contribution in [1.82, 2.24) is 20.1 Å². The molecule has 30 heavy (non-hydrogen) atoms. The number of amides is 1. The summed E-state index contributed by atoms with van der Waals surface area (Å²) in [5.41, 5.74) is 2.91. The van der Waals surface area contributed by atoms with Crippen molar-refractivity contribution in [3.05, 3.63) is 83.1 Å². The Hall–Kier alpha value is -3.50. The van der Waals surface area contributed by atoms with Gasteiger partial charge in [-0.2, -0.15) is 10.4 Å². The summed E-state index contributed by atoms with van der Waals surface area (Å²) in [5.74, 6) is -0.309. The van der Waals surface area contributed by atoms with Crippen molar-refractivity contribution in [3.8, 4) is 17.2 Å². The average Bonchev–Trinajstić information content (AvgIpc) is 3.15. The first-order chi connectivity index (χ1) is 14.5. The van der Waals surface area contributed by atoms with Gasteiger partial charge in [0.25, 0.3) is 5.91 Å². The average molecular weight is 460 g/mol. The van der Waals surface area contributed by atoms with Crippen LogP contribution in [0.1, 0.15) is 17.3 Å². The normalized spacial score (nSPS) is 12.8. The molecule has 0 spiro atoms. The molecule has 0 fully saturated rings. The van der Waals surface area contributed by atoms with Gasteiger partial charge < -0.3 is 5.32 Å². The number of fused-ring (bicyclic) bond motifs is 1. The monoisotopic (exact) mass is 459 g/mol. The number of carbonyl (C=O) groups is 1. The zero-order valence-electron chi connectivity index (χ0n) is 16.2. The van der Waals surface area contributed by atoms with E-state index >= 15 is 0 Å². The van der Waals surface area contributed by atoms with E-state index in [9.17, 15) is 10.1 Å². The van der Waals surface area contributed by atoms with E-state index in [0.29, 0.717) is 11.1 Å². The van der Waals surface area contributed by atoms with Gasteiger partial charge in [-0.1, -0.05) is 42.5 Å². The minimum atomic E-state index is -1.13. The summed E-state index contributed by atoms with van der Waals surface area (Å²) in [5, 5.41) is 17.0. The minimum Gasteiger partial charge on any atom is -0.332 e. The Bertz CT molecular complexity index is 1240. The van der Waals surface area contributed by atoms with Crippen LogP contribution in [-0.4, -0.2) is 26.2 Å². The molecule has 2 aromatic carbocycles. The summed E-state index contributed by atoms with van der Waals surface area (Å²) < 4.78 is 2.46. The number of benzene rings is 2. The number of nitriles is 1. The van der Waals surface area contributed by atoms with Gasteiger partial charge in [0.2, 0.25) is 0 Å². The van der Waals surface area contributed by atoms with Crippen molar-refractivity contribution < 1.29 is 4.79 Å². The summed E-state index contributed by atoms with van der Waals surface area (Å²) in [6.07, 6.45) is 3.46. The molecule has 0 saturated carbocycles. The number of carbonyl (C=O) groups excluding carboxylic acids is 1. The van der Waals surface area contributed by atoms with E-state index in [-0.39, 0.29) is 12.5 Å². The second kappa shape index (κ2) is 8.09. The highest BCUT2D eigenvalue weighted by molar-refractivity contribution is 9.10. The lowest BCUT2D eigenvalue weighted by Crippen LogP contribution is -2.48. The van der Waals surface area contributed by atoms with Crippen molar-refractivity contribution in [2.24, 2.45) is 0 Å². The van der Waals surface area contributed by atoms with E-state index in [4.69, 9.17) is 0 Å². The third-order valence-corrected chi connectivity index (χ3v) is 5.17. The van der Waals surface area contributed by atoms with Crippen LogP contribution in [0.5, 0.6) is 0 Å². The molecule has 2 aromatic heterocycles. The molecule has 6 nitrogen and oxygen atoms in total. The highest BCUT2D eigenvalue weighted by atomic mass is 79.9. The van der Waals surface area contributed by atoms with Crippen molar-refractivity contribution in [1.29, 1.82) is 5.26 Å². The maximum Gasteiger partial charge on any atom is 0.252 e. The molecule has 0 saturated heterocycles. The number of hydrogen-bond acceptors (Lipinski definition) is 4. The molecular formula is C23H18BrN5O. The Morgan fingerprint density at radius 2 is 1.83 bits per heavy atom. The second-order valence-corrected chi connectivity index (χ2v) is 8.14. The Morgan fingerprint density at radius 1 is 1.13 bits per heavy atom. The molecule has 4 aromatic rings. The minimum absolute atomic E-state index is 0.200. The van der Waals surface area contributed by atoms with Gasteiger partial charge in [-0.3, -0.25) is 14.5 Å². The summed E-state index contributed by atoms with van der Waals surface area (Å²) in [4.78, 5) is 17.1. The number of nitrogens with zero attached hydrogens (tertiary/aromatic N) is 4. The molecule has 0 aliphatic rings. The van der Waals surface area contributed by atoms with Crippen LogP contribution in [0.25, 0.3) is 22.2 Å². The van der Waals surface area contributed by atoms with E-state index in [1.54, 1.807) is 36.1 Å². The number of aromatic nitrogens is 3. The van der Waals surface area contributed by atoms with E-state index in [1.807, 2.05) is 48.5 Å². The predicted molar refractivity (Wildman–Crippen MR) is 119 cm³/mol. The van der Waals surface area contributed by atoms with E-state index in [2.05, 4.69) is 37.4 Å². The second-order valence-electron chi connectivity index (χ2n) is 7.23. The molecule has 1 amide bonds. The van der Waals surface area contributed by atoms with Gasteiger partial charge in [0.15, 0.2) is 0 Å². The maximum absolute atomic E-state index is 12.8. The van der Waals surface area contributed by atoms with Crippen LogP contribution < -0.4 is 5.32 Å². The van der Waals surface area contributed by atoms with Gasteiger partial charge >= 0.3 is 0 Å². The number of halogens is 1. The quantitative estimate of drug-likeness (QED) is 0.473. The molecule has 7 heteroatoms. The van der Waals surface area contributed by atoms with Crippen molar-refractivity contribution in [2.75, 3.05) is 0 Å². The molecule has 0 radical (unpaired) electrons. The molecule has 0 aliphatic carbocycles. The van der Waals surface area contributed by atoms with Crippen molar-refractivity contribution in [2.45, 2.75) is 19.0 Å². The number of rotatable bonds is 5. The SMILES string of the molecule is CC(C#N)(Cn1cc2ncc(Br)cc2n1)NC(=O)c1ccc(-c2ccccc2)cc1. The molecule has 2 heterocycles. The van der Waals surface area contributed by atoms with Crippen LogP contribution >= 0.6 is 15.9 Å². The van der Waals surface area contributed by atoms with Gasteiger partial charge in [-0.25, -0.2) is 0 Å². The van der Waals surface area contributed by atoms with Crippen molar-refractivity contribution >= 4 is 32.9 Å². The topological polar surface area (TPSA) is 83.6 Å². The number of nitrogens with one attached hydrogen (secondary N) is 1. The zero-order valence-corrected chi connectivity index (χ0v) is 17.8. The van der Waals surface area contributed by atoms with Crippen LogP contribution in [0.15, 0.2) is 77.5 Å². The smallest absolute Gasteiger partial charge is 0.252 e. The summed E-state index contributed by atoms with van der Waals surface area (Å²) in [6, 6.07) is 21.3. The first kappa shape index (κ1) is 19.8. The van der Waals surface area contributed by atoms with Gasteiger partial charge in [-0.15, -0.1) is 0 Å². The standard InChI is InChI=1S/C23H18BrN5O/c1-23(14-25,15-29-13-21-20(28-29)11-19(24)12-26-21)27-22(30)18-9-7-17(8-10-18)16-5-3-2-4-6-16/h2-13H,15H2,1H3,(H,27,30). The maximum atomic E-state index is 12.8. The first-order valence-corrected chi connectivity index (χ1v) is 10.1. The molecular weight excluding hydrogens is 442 g/mol. The molecule has 148 valence electrons. The molecule has 0 bridgehead atoms. The third kappa shape index (κ3) is 4.24. The van der Waals surface area contributed by atoms with Crippen LogP contribution in [0, 0.1) is 11.3 Å². The van der Waals surface area contributed by atoms with Crippen LogP contribution in [0.4, 0.5) is 0 Å². The third-order valence-electron chi connectivity index (χ3n) is 4.74. The van der Waals surface area contributed by atoms with Gasteiger partial charge in [0.05, 0.1) is 18.8 Å². The fourth-order valence-corrected chi connectivity index (χ4v) is 3.52. The predicted octanol–water partition coefficient (Wildman–Crippen LogP) is 4.57. The lowest BCUT2D eigenvalue weighted by Gasteiger charge is -2.23. The Morgan fingerprint density at radius 3 is 2.53 bits per heavy atom. The van der Waals surface area contributed by atoms with E-state index in [0.717, 1.165) is 21.1 Å². The van der Waals surface area contributed by atoms with E-state index in [1.165, 1.54) is 0 Å². The van der Waals surface area contributed by atoms with E-state index < -0.39 is 5.54 Å². The van der Waals surface area contributed by atoms with Gasteiger partial charge in [0, 0.05) is 16.2 Å². The van der Waals surface area contributed by atoms with Gasteiger partial charge in [-0.05, 0) is 52.2 Å². The van der Waals surface area contributed by atoms with Crippen molar-refractivity contribution in [3.63, 3.8) is 0 Å². The fraction of sp³-hybridized carbons (Fsp3) is 0.130. The Kier molecular flexibility index (Phi) is 5.34. The van der Waals surface area contributed by atoms with Crippen LogP contribution in [0.2, 0.25) is 0 Å². The molecule has 0 aliphatic heterocycles. The van der Waals surface area contributed by atoms with Crippen LogP contribution in [-0.2, 0) is 6.54 Å². The Balaban J connectivity index is 1.50. The Labute approximate surface area is 182 Å².